The SMILES string of the molecule is CB(O)N(C)[C@H]1CCCN(c2ccnc3[nH]cc(-c4cnc(C)nc4)c23)C1.COCC[Si](C)(C)C. The average Bonchev–Trinajstić information content (AvgIpc) is 3.27. The molecule has 0 radical (unpaired) electrons. The van der Waals surface area contributed by atoms with Gasteiger partial charge >= 0.3 is 7.05 Å². The van der Waals surface area contributed by atoms with E-state index in [2.05, 4.69) is 55.4 Å². The lowest BCUT2D eigenvalue weighted by Crippen LogP contribution is -2.51. The molecular weight excluding hydrogens is 455 g/mol. The first kappa shape index (κ1) is 27.3. The van der Waals surface area contributed by atoms with Crippen molar-refractivity contribution < 1.29 is 9.76 Å². The molecule has 190 valence electrons. The number of rotatable bonds is 7. The van der Waals surface area contributed by atoms with Crippen molar-refractivity contribution >= 4 is 31.8 Å². The number of hydrogen-bond donors (Lipinski definition) is 2. The van der Waals surface area contributed by atoms with Crippen LogP contribution in [0.15, 0.2) is 30.9 Å². The highest BCUT2D eigenvalue weighted by atomic mass is 28.3. The van der Waals surface area contributed by atoms with Gasteiger partial charge in [0, 0.05) is 82.5 Å². The minimum absolute atomic E-state index is 0.326. The molecule has 8 nitrogen and oxygen atoms in total. The Kier molecular flexibility index (Phi) is 9.46. The van der Waals surface area contributed by atoms with Crippen molar-refractivity contribution in [2.45, 2.75) is 58.3 Å². The molecule has 0 aliphatic carbocycles. The van der Waals surface area contributed by atoms with Gasteiger partial charge in [0.05, 0.1) is 5.39 Å². The Labute approximate surface area is 211 Å². The van der Waals surface area contributed by atoms with Crippen LogP contribution < -0.4 is 4.90 Å². The van der Waals surface area contributed by atoms with E-state index in [1.54, 1.807) is 7.11 Å². The molecule has 4 rings (SSSR count). The molecule has 0 saturated carbocycles. The summed E-state index contributed by atoms with van der Waals surface area (Å²) in [5, 5.41) is 11.1. The topological polar surface area (TPSA) is 90.4 Å². The van der Waals surface area contributed by atoms with E-state index in [9.17, 15) is 5.02 Å². The fourth-order valence-corrected chi connectivity index (χ4v) is 5.10. The van der Waals surface area contributed by atoms with Gasteiger partial charge < -0.3 is 24.5 Å². The van der Waals surface area contributed by atoms with Crippen molar-refractivity contribution in [2.24, 2.45) is 0 Å². The zero-order chi connectivity index (χ0) is 25.6. The van der Waals surface area contributed by atoms with E-state index in [4.69, 9.17) is 4.74 Å². The maximum atomic E-state index is 9.96. The first-order chi connectivity index (χ1) is 16.6. The molecule has 0 bridgehead atoms. The van der Waals surface area contributed by atoms with Crippen LogP contribution in [-0.4, -0.2) is 84.8 Å². The number of ether oxygens (including phenoxy) is 1. The predicted molar refractivity (Wildman–Crippen MR) is 149 cm³/mol. The lowest BCUT2D eigenvalue weighted by atomic mass is 9.82. The summed E-state index contributed by atoms with van der Waals surface area (Å²) >= 11 is 0. The standard InChI is InChI=1S/C19H25BN6O.C6H16OSi/c1-13-22-9-14(10-23-13)16-11-24-19-18(16)17(6-7-21-19)26-8-4-5-15(12-26)25(3)20(2)27;1-7-5-6-8(2,3)4/h6-7,9-11,15,27H,4-5,8,12H2,1-3H3,(H,21,24);5-6H2,1-4H3/t15-;/m0./s1. The molecule has 4 heterocycles. The Morgan fingerprint density at radius 1 is 1.26 bits per heavy atom. The number of piperidine rings is 1. The van der Waals surface area contributed by atoms with Gasteiger partial charge in [0.2, 0.25) is 0 Å². The van der Waals surface area contributed by atoms with Gasteiger partial charge in [0.1, 0.15) is 11.5 Å². The minimum Gasteiger partial charge on any atom is -0.437 e. The summed E-state index contributed by atoms with van der Waals surface area (Å²) in [6.07, 6.45) is 9.75. The molecule has 2 N–H and O–H groups in total. The van der Waals surface area contributed by atoms with Crippen LogP contribution in [0.3, 0.4) is 0 Å². The molecule has 1 aliphatic heterocycles. The largest absolute Gasteiger partial charge is 0.437 e. The number of fused-ring (bicyclic) bond motifs is 1. The second-order valence-electron chi connectivity index (χ2n) is 10.6. The van der Waals surface area contributed by atoms with Gasteiger partial charge in [-0.15, -0.1) is 0 Å². The number of aromatic amines is 1. The van der Waals surface area contributed by atoms with Crippen molar-refractivity contribution in [3.63, 3.8) is 0 Å². The summed E-state index contributed by atoms with van der Waals surface area (Å²) in [4.78, 5) is 20.9. The Hall–Kier alpha value is -2.27. The minimum atomic E-state index is -0.803. The number of aromatic nitrogens is 4. The van der Waals surface area contributed by atoms with Gasteiger partial charge in [-0.2, -0.15) is 0 Å². The molecule has 0 amide bonds. The Morgan fingerprint density at radius 2 is 1.97 bits per heavy atom. The molecule has 0 unspecified atom stereocenters. The molecule has 10 heteroatoms. The van der Waals surface area contributed by atoms with Crippen LogP contribution in [0.25, 0.3) is 22.2 Å². The molecule has 0 aromatic carbocycles. The fourth-order valence-electron chi connectivity index (χ4n) is 4.28. The number of methoxy groups -OCH3 is 1. The van der Waals surface area contributed by atoms with Gasteiger partial charge in [0.15, 0.2) is 0 Å². The van der Waals surface area contributed by atoms with E-state index in [-0.39, 0.29) is 0 Å². The third-order valence-electron chi connectivity index (χ3n) is 6.60. The van der Waals surface area contributed by atoms with Gasteiger partial charge in [-0.3, -0.25) is 0 Å². The molecular formula is C25H41BN6O2Si. The maximum Gasteiger partial charge on any atom is 0.376 e. The molecule has 3 aromatic rings. The van der Waals surface area contributed by atoms with E-state index in [1.807, 2.05) is 45.6 Å². The van der Waals surface area contributed by atoms with Crippen LogP contribution in [0, 0.1) is 6.92 Å². The maximum absolute atomic E-state index is 9.96. The fraction of sp³-hybridized carbons (Fsp3) is 0.560. The van der Waals surface area contributed by atoms with Crippen LogP contribution >= 0.6 is 0 Å². The van der Waals surface area contributed by atoms with E-state index >= 15 is 0 Å². The summed E-state index contributed by atoms with van der Waals surface area (Å²) in [5.41, 5.74) is 4.09. The highest BCUT2D eigenvalue weighted by Crippen LogP contribution is 2.35. The van der Waals surface area contributed by atoms with Crippen molar-refractivity contribution in [1.29, 1.82) is 0 Å². The summed E-state index contributed by atoms with van der Waals surface area (Å²) in [7, 11) is 2.51. The third-order valence-corrected chi connectivity index (χ3v) is 8.31. The number of nitrogens with one attached hydrogen (secondary N) is 1. The number of H-pyrrole nitrogens is 1. The normalized spacial score (nSPS) is 16.4. The smallest absolute Gasteiger partial charge is 0.376 e. The number of aryl methyl sites for hydroxylation is 1. The van der Waals surface area contributed by atoms with Gasteiger partial charge in [0.25, 0.3) is 0 Å². The van der Waals surface area contributed by atoms with Crippen molar-refractivity contribution in [1.82, 2.24) is 24.7 Å². The van der Waals surface area contributed by atoms with E-state index in [0.717, 1.165) is 60.5 Å². The molecule has 1 atom stereocenters. The van der Waals surface area contributed by atoms with E-state index < -0.39 is 15.1 Å². The first-order valence-corrected chi connectivity index (χ1v) is 16.2. The van der Waals surface area contributed by atoms with Crippen LogP contribution in [0.2, 0.25) is 32.5 Å². The van der Waals surface area contributed by atoms with E-state index in [0.29, 0.717) is 6.04 Å². The van der Waals surface area contributed by atoms with Crippen LogP contribution in [0.4, 0.5) is 5.69 Å². The zero-order valence-electron chi connectivity index (χ0n) is 22.4. The van der Waals surface area contributed by atoms with Crippen molar-refractivity contribution in [2.75, 3.05) is 38.8 Å². The summed E-state index contributed by atoms with van der Waals surface area (Å²) < 4.78 is 4.95. The summed E-state index contributed by atoms with van der Waals surface area (Å²) in [5.74, 6) is 0.761. The Morgan fingerprint density at radius 3 is 2.57 bits per heavy atom. The number of pyridine rings is 1. The monoisotopic (exact) mass is 496 g/mol. The van der Waals surface area contributed by atoms with Gasteiger partial charge in [-0.25, -0.2) is 15.0 Å². The second-order valence-corrected chi connectivity index (χ2v) is 16.2. The van der Waals surface area contributed by atoms with Crippen LogP contribution in [0.5, 0.6) is 0 Å². The zero-order valence-corrected chi connectivity index (χ0v) is 23.4. The van der Waals surface area contributed by atoms with E-state index in [1.165, 1.54) is 11.7 Å². The number of likely N-dealkylation sites (N-methyl/N-ethyl adjacent to an activating group) is 1. The molecule has 35 heavy (non-hydrogen) atoms. The lowest BCUT2D eigenvalue weighted by Gasteiger charge is -2.39. The van der Waals surface area contributed by atoms with Gasteiger partial charge in [-0.05, 0) is 45.7 Å². The first-order valence-electron chi connectivity index (χ1n) is 12.5. The molecule has 1 fully saturated rings. The van der Waals surface area contributed by atoms with Crippen molar-refractivity contribution in [3.8, 4) is 11.1 Å². The summed E-state index contributed by atoms with van der Waals surface area (Å²) in [6.45, 7) is 13.6. The summed E-state index contributed by atoms with van der Waals surface area (Å²) in [6, 6.07) is 3.69. The molecule has 1 aliphatic rings. The second kappa shape index (κ2) is 12.1. The molecule has 0 spiro atoms. The van der Waals surface area contributed by atoms with Crippen molar-refractivity contribution in [3.05, 3.63) is 36.7 Å². The lowest BCUT2D eigenvalue weighted by molar-refractivity contribution is 0.214. The van der Waals surface area contributed by atoms with Gasteiger partial charge in [-0.1, -0.05) is 19.6 Å². The number of anilines is 1. The highest BCUT2D eigenvalue weighted by Gasteiger charge is 2.28. The molecule has 1 saturated heterocycles. The highest BCUT2D eigenvalue weighted by molar-refractivity contribution is 6.76. The quantitative estimate of drug-likeness (QED) is 0.471. The third kappa shape index (κ3) is 7.36. The van der Waals surface area contributed by atoms with Crippen LogP contribution in [0.1, 0.15) is 18.7 Å². The Balaban J connectivity index is 0.000000371. The average molecular weight is 497 g/mol. The number of hydrogen-bond acceptors (Lipinski definition) is 7. The predicted octanol–water partition coefficient (Wildman–Crippen LogP) is 4.31. The molecule has 3 aromatic heterocycles. The number of nitrogens with zero attached hydrogens (tertiary/aromatic N) is 5. The van der Waals surface area contributed by atoms with Crippen LogP contribution in [-0.2, 0) is 4.74 Å². The Bertz CT molecular complexity index is 1070.